The molecular weight excluding hydrogens is 442 g/mol. The second-order valence-corrected chi connectivity index (χ2v) is 8.52. The van der Waals surface area contributed by atoms with Crippen LogP contribution in [0.1, 0.15) is 24.2 Å². The van der Waals surface area contributed by atoms with Crippen LogP contribution in [0.25, 0.3) is 28.0 Å². The summed E-state index contributed by atoms with van der Waals surface area (Å²) in [6.45, 7) is -0.949. The fourth-order valence-corrected chi connectivity index (χ4v) is 4.29. The number of fused-ring (bicyclic) bond motifs is 1. The molecule has 0 spiro atoms. The summed E-state index contributed by atoms with van der Waals surface area (Å²) < 4.78 is 32.9. The van der Waals surface area contributed by atoms with Gasteiger partial charge in [-0.3, -0.25) is 4.98 Å². The molecule has 1 aromatic carbocycles. The number of hydrogen-bond donors (Lipinski definition) is 2. The van der Waals surface area contributed by atoms with Crippen LogP contribution in [0, 0.1) is 5.92 Å². The van der Waals surface area contributed by atoms with E-state index in [2.05, 4.69) is 10.1 Å². The zero-order valence-electron chi connectivity index (χ0n) is 18.3. The highest BCUT2D eigenvalue weighted by molar-refractivity contribution is 5.90. The predicted molar refractivity (Wildman–Crippen MR) is 122 cm³/mol. The van der Waals surface area contributed by atoms with Crippen LogP contribution < -0.4 is 4.74 Å². The number of aromatic nitrogens is 4. The topological polar surface area (TPSA) is 93.3 Å². The smallest absolute Gasteiger partial charge is 0.272 e. The minimum absolute atomic E-state index is 0.213. The van der Waals surface area contributed by atoms with E-state index in [0.29, 0.717) is 39.6 Å². The van der Waals surface area contributed by atoms with Crippen LogP contribution in [0.3, 0.4) is 0 Å². The first kappa shape index (κ1) is 22.4. The van der Waals surface area contributed by atoms with Crippen LogP contribution in [0.2, 0.25) is 0 Å². The Morgan fingerprint density at radius 2 is 1.85 bits per heavy atom. The Labute approximate surface area is 194 Å². The van der Waals surface area contributed by atoms with Crippen molar-refractivity contribution in [2.75, 3.05) is 6.61 Å². The monoisotopic (exact) mass is 466 g/mol. The molecule has 1 fully saturated rings. The molecule has 0 amide bonds. The van der Waals surface area contributed by atoms with Crippen molar-refractivity contribution in [1.82, 2.24) is 19.7 Å². The molecule has 0 aliphatic heterocycles. The molecule has 0 saturated heterocycles. The van der Waals surface area contributed by atoms with Gasteiger partial charge in [-0.15, -0.1) is 0 Å². The third kappa shape index (κ3) is 4.62. The van der Waals surface area contributed by atoms with Crippen LogP contribution in [0.15, 0.2) is 54.7 Å². The number of alkyl halides is 2. The lowest BCUT2D eigenvalue weighted by Crippen LogP contribution is -2.29. The standard InChI is InChI=1S/C25H24F2N4O3/c26-24(27)14-34-23-11-16(21-5-1-3-17(29-21)7-15-8-19(33)9-15)10-22-20(23)12-28-31(22)25-6-2-4-18(13-32)30-25/h1-6,10-12,15,19,24,32-33H,7-9,13-14H2. The number of rotatable bonds is 8. The van der Waals surface area contributed by atoms with Crippen molar-refractivity contribution < 1.29 is 23.7 Å². The van der Waals surface area contributed by atoms with Crippen LogP contribution in [-0.4, -0.2) is 49.1 Å². The second-order valence-electron chi connectivity index (χ2n) is 8.52. The van der Waals surface area contributed by atoms with E-state index in [1.807, 2.05) is 24.3 Å². The van der Waals surface area contributed by atoms with Gasteiger partial charge in [0.05, 0.1) is 41.2 Å². The summed E-state index contributed by atoms with van der Waals surface area (Å²) >= 11 is 0. The van der Waals surface area contributed by atoms with Crippen molar-refractivity contribution in [2.45, 2.75) is 38.4 Å². The highest BCUT2D eigenvalue weighted by Crippen LogP contribution is 2.34. The average Bonchev–Trinajstić information content (AvgIpc) is 3.26. The highest BCUT2D eigenvalue weighted by Gasteiger charge is 2.27. The van der Waals surface area contributed by atoms with Gasteiger partial charge in [0.15, 0.2) is 5.82 Å². The molecule has 0 radical (unpaired) electrons. The molecule has 1 aliphatic carbocycles. The van der Waals surface area contributed by atoms with Crippen molar-refractivity contribution in [3.05, 3.63) is 66.1 Å². The van der Waals surface area contributed by atoms with E-state index in [0.717, 1.165) is 25.0 Å². The summed E-state index contributed by atoms with van der Waals surface area (Å²) in [4.78, 5) is 9.20. The summed E-state index contributed by atoms with van der Waals surface area (Å²) in [5, 5.41) is 24.0. The number of hydrogen-bond acceptors (Lipinski definition) is 6. The Hall–Kier alpha value is -3.43. The van der Waals surface area contributed by atoms with Gasteiger partial charge in [0.2, 0.25) is 0 Å². The van der Waals surface area contributed by atoms with Gasteiger partial charge in [0.1, 0.15) is 12.4 Å². The van der Waals surface area contributed by atoms with E-state index in [-0.39, 0.29) is 18.5 Å². The first-order valence-electron chi connectivity index (χ1n) is 11.1. The van der Waals surface area contributed by atoms with E-state index < -0.39 is 13.0 Å². The van der Waals surface area contributed by atoms with Gasteiger partial charge in [-0.25, -0.2) is 18.4 Å². The van der Waals surface area contributed by atoms with Crippen LogP contribution in [0.4, 0.5) is 8.78 Å². The molecule has 4 aromatic rings. The van der Waals surface area contributed by atoms with Gasteiger partial charge in [-0.05, 0) is 61.6 Å². The molecule has 0 bridgehead atoms. The summed E-state index contributed by atoms with van der Waals surface area (Å²) in [6.07, 6.45) is 1.06. The van der Waals surface area contributed by atoms with E-state index >= 15 is 0 Å². The van der Waals surface area contributed by atoms with Gasteiger partial charge in [0, 0.05) is 11.3 Å². The highest BCUT2D eigenvalue weighted by atomic mass is 19.3. The molecule has 1 aliphatic rings. The van der Waals surface area contributed by atoms with Gasteiger partial charge < -0.3 is 14.9 Å². The number of ether oxygens (including phenoxy) is 1. The zero-order valence-corrected chi connectivity index (χ0v) is 18.3. The third-order valence-corrected chi connectivity index (χ3v) is 6.00. The summed E-state index contributed by atoms with van der Waals surface area (Å²) in [5.41, 5.74) is 3.41. The molecule has 34 heavy (non-hydrogen) atoms. The van der Waals surface area contributed by atoms with Crippen LogP contribution in [0.5, 0.6) is 5.75 Å². The number of benzene rings is 1. The first-order valence-corrected chi connectivity index (χ1v) is 11.1. The summed E-state index contributed by atoms with van der Waals surface area (Å²) in [6, 6.07) is 14.5. The summed E-state index contributed by atoms with van der Waals surface area (Å²) in [7, 11) is 0. The number of aliphatic hydroxyl groups excluding tert-OH is 2. The fraction of sp³-hybridized carbons (Fsp3) is 0.320. The molecule has 3 aromatic heterocycles. The van der Waals surface area contributed by atoms with Gasteiger partial charge >= 0.3 is 0 Å². The Morgan fingerprint density at radius 1 is 1.06 bits per heavy atom. The number of aliphatic hydroxyl groups is 2. The largest absolute Gasteiger partial charge is 0.487 e. The quantitative estimate of drug-likeness (QED) is 0.409. The molecule has 9 heteroatoms. The Kier molecular flexibility index (Phi) is 6.21. The zero-order chi connectivity index (χ0) is 23.7. The minimum Gasteiger partial charge on any atom is -0.487 e. The molecular formula is C25H24F2N4O3. The van der Waals surface area contributed by atoms with Crippen molar-refractivity contribution in [2.24, 2.45) is 5.92 Å². The van der Waals surface area contributed by atoms with Crippen molar-refractivity contribution in [3.8, 4) is 22.8 Å². The molecule has 2 N–H and O–H groups in total. The second kappa shape index (κ2) is 9.44. The molecule has 0 unspecified atom stereocenters. The molecule has 1 saturated carbocycles. The predicted octanol–water partition coefficient (Wildman–Crippen LogP) is 3.93. The lowest BCUT2D eigenvalue weighted by Gasteiger charge is -2.31. The molecule has 0 atom stereocenters. The minimum atomic E-state index is -2.61. The van der Waals surface area contributed by atoms with E-state index in [1.54, 1.807) is 35.1 Å². The fourth-order valence-electron chi connectivity index (χ4n) is 4.29. The number of nitrogens with zero attached hydrogens (tertiary/aromatic N) is 4. The van der Waals surface area contributed by atoms with E-state index in [4.69, 9.17) is 9.72 Å². The van der Waals surface area contributed by atoms with Crippen LogP contribution >= 0.6 is 0 Å². The van der Waals surface area contributed by atoms with Gasteiger partial charge in [-0.2, -0.15) is 5.10 Å². The van der Waals surface area contributed by atoms with E-state index in [1.165, 1.54) is 0 Å². The average molecular weight is 466 g/mol. The van der Waals surface area contributed by atoms with E-state index in [9.17, 15) is 19.0 Å². The number of pyridine rings is 2. The van der Waals surface area contributed by atoms with Crippen molar-refractivity contribution >= 4 is 10.9 Å². The maximum atomic E-state index is 12.9. The lowest BCUT2D eigenvalue weighted by molar-refractivity contribution is 0.0428. The molecule has 176 valence electrons. The molecule has 3 heterocycles. The van der Waals surface area contributed by atoms with Gasteiger partial charge in [0.25, 0.3) is 6.43 Å². The van der Waals surface area contributed by atoms with Crippen molar-refractivity contribution in [3.63, 3.8) is 0 Å². The van der Waals surface area contributed by atoms with Crippen molar-refractivity contribution in [1.29, 1.82) is 0 Å². The van der Waals surface area contributed by atoms with Crippen LogP contribution in [-0.2, 0) is 13.0 Å². The normalized spacial score (nSPS) is 17.8. The van der Waals surface area contributed by atoms with Gasteiger partial charge in [-0.1, -0.05) is 12.1 Å². The molecule has 5 rings (SSSR count). The first-order chi connectivity index (χ1) is 16.5. The Bertz CT molecular complexity index is 1300. The maximum absolute atomic E-state index is 12.9. The third-order valence-electron chi connectivity index (χ3n) is 6.00. The Balaban J connectivity index is 1.57. The Morgan fingerprint density at radius 3 is 2.62 bits per heavy atom. The SMILES string of the molecule is OCc1cccc(-n2ncc3c(OCC(F)F)cc(-c4cccc(CC5CC(O)C5)n4)cc32)n1. The number of halogens is 2. The molecule has 7 nitrogen and oxygen atoms in total. The lowest BCUT2D eigenvalue weighted by atomic mass is 9.79. The maximum Gasteiger partial charge on any atom is 0.272 e. The summed E-state index contributed by atoms with van der Waals surface area (Å²) in [5.74, 6) is 1.19.